The minimum Gasteiger partial charge on any atom is -0.455 e. The van der Waals surface area contributed by atoms with Crippen LogP contribution in [0.1, 0.15) is 62.7 Å². The number of aliphatic imine (C=N–C) groups is 1. The molecule has 1 atom stereocenters. The lowest BCUT2D eigenvalue weighted by Gasteiger charge is -2.18. The molecule has 2 heterocycles. The van der Waals surface area contributed by atoms with E-state index in [1.807, 2.05) is 12.1 Å². The summed E-state index contributed by atoms with van der Waals surface area (Å²) in [6.45, 7) is 6.86. The maximum atomic E-state index is 8.90. The number of benzene rings is 4. The molecule has 33 heavy (non-hydrogen) atoms. The van der Waals surface area contributed by atoms with Gasteiger partial charge in [-0.15, -0.1) is 0 Å². The largest absolute Gasteiger partial charge is 0.455 e. The highest BCUT2D eigenvalue weighted by Crippen LogP contribution is 2.49. The molecule has 0 saturated heterocycles. The number of rotatable bonds is 2. The van der Waals surface area contributed by atoms with Crippen LogP contribution in [0.2, 0.25) is 0 Å². The molecule has 1 aromatic heterocycles. The second kappa shape index (κ2) is 6.57. The van der Waals surface area contributed by atoms with E-state index in [0.717, 1.165) is 49.9 Å². The van der Waals surface area contributed by atoms with Crippen molar-refractivity contribution in [3.8, 4) is 0 Å². The van der Waals surface area contributed by atoms with Crippen molar-refractivity contribution in [3.05, 3.63) is 89.0 Å². The van der Waals surface area contributed by atoms with Crippen molar-refractivity contribution in [2.45, 2.75) is 46.0 Å². The van der Waals surface area contributed by atoms with Crippen LogP contribution >= 0.6 is 0 Å². The van der Waals surface area contributed by atoms with Gasteiger partial charge in [0.1, 0.15) is 11.2 Å². The standard InChI is InChI=1S/C31H27NO/c1-18-15-24-21-7-4-5-10-27(21)33-30(24)25(16-18)29-23-9-6-8-22-20(11-12-26(32-29)28(22)23)19-13-14-31(2,3)17-19/h4-12,15-16,19H,13-14,17H2,1-3H3/i12D. The van der Waals surface area contributed by atoms with Crippen LogP contribution in [0.25, 0.3) is 32.7 Å². The number of hydrogen-bond acceptors (Lipinski definition) is 2. The van der Waals surface area contributed by atoms with E-state index < -0.39 is 0 Å². The Morgan fingerprint density at radius 3 is 2.67 bits per heavy atom. The molecule has 1 saturated carbocycles. The van der Waals surface area contributed by atoms with Gasteiger partial charge in [-0.2, -0.15) is 0 Å². The Morgan fingerprint density at radius 2 is 1.82 bits per heavy atom. The second-order valence-corrected chi connectivity index (χ2v) is 10.7. The van der Waals surface area contributed by atoms with Crippen molar-refractivity contribution in [3.63, 3.8) is 0 Å². The quantitative estimate of drug-likeness (QED) is 0.269. The van der Waals surface area contributed by atoms with Gasteiger partial charge in [-0.25, -0.2) is 4.99 Å². The Labute approximate surface area is 195 Å². The lowest BCUT2D eigenvalue weighted by atomic mass is 9.86. The van der Waals surface area contributed by atoms with E-state index in [9.17, 15) is 0 Å². The van der Waals surface area contributed by atoms with Crippen LogP contribution in [0.5, 0.6) is 0 Å². The van der Waals surface area contributed by atoms with E-state index in [1.165, 1.54) is 35.8 Å². The first-order valence-electron chi connectivity index (χ1n) is 12.5. The van der Waals surface area contributed by atoms with Crippen molar-refractivity contribution >= 4 is 44.1 Å². The summed E-state index contributed by atoms with van der Waals surface area (Å²) in [6.07, 6.45) is 3.61. The average molecular weight is 431 g/mol. The molecule has 7 rings (SSSR count). The molecule has 4 aromatic carbocycles. The fourth-order valence-electron chi connectivity index (χ4n) is 6.19. The molecule has 2 aliphatic rings. The van der Waals surface area contributed by atoms with E-state index in [1.54, 1.807) is 0 Å². The molecule has 1 fully saturated rings. The van der Waals surface area contributed by atoms with Crippen molar-refractivity contribution in [2.24, 2.45) is 10.4 Å². The zero-order valence-electron chi connectivity index (χ0n) is 20.3. The zero-order chi connectivity index (χ0) is 23.2. The maximum Gasteiger partial charge on any atom is 0.144 e. The number of fused-ring (bicyclic) bond motifs is 3. The van der Waals surface area contributed by atoms with Crippen LogP contribution in [0.15, 0.2) is 76.1 Å². The highest BCUT2D eigenvalue weighted by molar-refractivity contribution is 6.30. The SMILES string of the molecule is [2H]c1cc(C2CCC(C)(C)C2)c2cccc3c2c1N=C3c1cc(C)cc2c1oc1ccccc12. The van der Waals surface area contributed by atoms with Crippen LogP contribution < -0.4 is 0 Å². The number of hydrogen-bond donors (Lipinski definition) is 0. The molecule has 2 nitrogen and oxygen atoms in total. The van der Waals surface area contributed by atoms with Gasteiger partial charge in [0.25, 0.3) is 0 Å². The molecule has 0 N–H and O–H groups in total. The summed E-state index contributed by atoms with van der Waals surface area (Å²) in [6, 6.07) is 21.8. The van der Waals surface area contributed by atoms with E-state index in [2.05, 4.69) is 69.3 Å². The molecule has 1 aliphatic heterocycles. The predicted octanol–water partition coefficient (Wildman–Crippen LogP) is 8.82. The molecular weight excluding hydrogens is 402 g/mol. The van der Waals surface area contributed by atoms with Crippen molar-refractivity contribution < 1.29 is 5.79 Å². The molecule has 0 spiro atoms. The van der Waals surface area contributed by atoms with Crippen LogP contribution in [0.4, 0.5) is 5.69 Å². The van der Waals surface area contributed by atoms with E-state index in [-0.39, 0.29) is 0 Å². The minimum absolute atomic E-state index is 0.367. The third-order valence-electron chi connectivity index (χ3n) is 7.74. The van der Waals surface area contributed by atoms with Gasteiger partial charge in [0.2, 0.25) is 0 Å². The Balaban J connectivity index is 1.48. The summed E-state index contributed by atoms with van der Waals surface area (Å²) < 4.78 is 15.3. The Morgan fingerprint density at radius 1 is 0.970 bits per heavy atom. The third-order valence-corrected chi connectivity index (χ3v) is 7.74. The predicted molar refractivity (Wildman–Crippen MR) is 138 cm³/mol. The van der Waals surface area contributed by atoms with E-state index in [4.69, 9.17) is 10.8 Å². The molecule has 1 aliphatic carbocycles. The van der Waals surface area contributed by atoms with Gasteiger partial charge in [0.15, 0.2) is 0 Å². The fourth-order valence-corrected chi connectivity index (χ4v) is 6.19. The van der Waals surface area contributed by atoms with Gasteiger partial charge in [-0.05, 0) is 78.3 Å². The van der Waals surface area contributed by atoms with Crippen molar-refractivity contribution in [2.75, 3.05) is 0 Å². The highest BCUT2D eigenvalue weighted by atomic mass is 16.3. The smallest absolute Gasteiger partial charge is 0.144 e. The summed E-state index contributed by atoms with van der Waals surface area (Å²) in [5.74, 6) is 0.508. The molecule has 0 amide bonds. The average Bonchev–Trinajstić information content (AvgIpc) is 3.49. The summed E-state index contributed by atoms with van der Waals surface area (Å²) in [5, 5.41) is 4.65. The van der Waals surface area contributed by atoms with Crippen molar-refractivity contribution in [1.29, 1.82) is 0 Å². The monoisotopic (exact) mass is 430 g/mol. The number of aryl methyl sites for hydroxylation is 1. The topological polar surface area (TPSA) is 25.5 Å². The van der Waals surface area contributed by atoms with Crippen LogP contribution in [0, 0.1) is 12.3 Å². The van der Waals surface area contributed by atoms with Gasteiger partial charge in [0.05, 0.1) is 12.8 Å². The maximum absolute atomic E-state index is 8.90. The van der Waals surface area contributed by atoms with E-state index >= 15 is 0 Å². The Hall–Kier alpha value is -3.39. The van der Waals surface area contributed by atoms with Gasteiger partial charge in [0, 0.05) is 27.3 Å². The number of furan rings is 1. The fraction of sp³-hybridized carbons (Fsp3) is 0.258. The van der Waals surface area contributed by atoms with Crippen LogP contribution in [-0.2, 0) is 0 Å². The molecule has 162 valence electrons. The lowest BCUT2D eigenvalue weighted by Crippen LogP contribution is -2.05. The summed E-state index contributed by atoms with van der Waals surface area (Å²) >= 11 is 0. The zero-order valence-corrected chi connectivity index (χ0v) is 19.3. The molecule has 1 unspecified atom stereocenters. The normalized spacial score (nSPS) is 19.5. The Bertz CT molecular complexity index is 1690. The summed E-state index contributed by atoms with van der Waals surface area (Å²) in [4.78, 5) is 5.09. The first-order valence-corrected chi connectivity index (χ1v) is 12.0. The van der Waals surface area contributed by atoms with Crippen LogP contribution in [0.3, 0.4) is 0 Å². The van der Waals surface area contributed by atoms with Gasteiger partial charge < -0.3 is 4.42 Å². The molecule has 2 heteroatoms. The molecule has 0 radical (unpaired) electrons. The second-order valence-electron chi connectivity index (χ2n) is 10.7. The number of para-hydroxylation sites is 1. The summed E-state index contributed by atoms with van der Waals surface area (Å²) in [5.41, 5.74) is 8.49. The molecule has 5 aromatic rings. The third kappa shape index (κ3) is 2.76. The molecular formula is C31H27NO. The lowest BCUT2D eigenvalue weighted by molar-refractivity contribution is 0.376. The summed E-state index contributed by atoms with van der Waals surface area (Å²) in [7, 11) is 0. The van der Waals surface area contributed by atoms with E-state index in [0.29, 0.717) is 17.4 Å². The van der Waals surface area contributed by atoms with Crippen molar-refractivity contribution in [1.82, 2.24) is 0 Å². The molecule has 0 bridgehead atoms. The Kier molecular flexibility index (Phi) is 3.60. The van der Waals surface area contributed by atoms with Gasteiger partial charge in [-0.1, -0.05) is 56.3 Å². The minimum atomic E-state index is 0.367. The van der Waals surface area contributed by atoms with Crippen LogP contribution in [-0.4, -0.2) is 5.71 Å². The highest BCUT2D eigenvalue weighted by Gasteiger charge is 2.33. The van der Waals surface area contributed by atoms with Gasteiger partial charge in [-0.3, -0.25) is 0 Å². The van der Waals surface area contributed by atoms with Gasteiger partial charge >= 0.3 is 0 Å². The number of nitrogens with zero attached hydrogens (tertiary/aromatic N) is 1. The first-order chi connectivity index (χ1) is 16.4. The first kappa shape index (κ1) is 18.1.